The second-order valence-electron chi connectivity index (χ2n) is 9.30. The summed E-state index contributed by atoms with van der Waals surface area (Å²) in [6.07, 6.45) is 7.73. The van der Waals surface area contributed by atoms with Crippen LogP contribution in [0.5, 0.6) is 5.75 Å². The van der Waals surface area contributed by atoms with Crippen LogP contribution in [0.15, 0.2) is 42.5 Å². The van der Waals surface area contributed by atoms with Crippen LogP contribution in [-0.4, -0.2) is 55.9 Å². The quantitative estimate of drug-likeness (QED) is 0.503. The van der Waals surface area contributed by atoms with Crippen LogP contribution in [0.1, 0.15) is 54.4 Å². The molecule has 0 radical (unpaired) electrons. The Hall–Kier alpha value is -2.57. The summed E-state index contributed by atoms with van der Waals surface area (Å²) in [5.74, 6) is 0.977. The molecule has 1 heterocycles. The molecule has 0 atom stereocenters. The van der Waals surface area contributed by atoms with Crippen molar-refractivity contribution in [1.29, 1.82) is 0 Å². The number of hydrogen-bond donors (Lipinski definition) is 2. The summed E-state index contributed by atoms with van der Waals surface area (Å²) in [4.78, 5) is 28.0. The molecular formula is C27H34ClN3O3. The maximum atomic E-state index is 12.9. The summed E-state index contributed by atoms with van der Waals surface area (Å²) in [5, 5.41) is 6.46. The average Bonchev–Trinajstić information content (AvgIpc) is 3.42. The summed E-state index contributed by atoms with van der Waals surface area (Å²) in [7, 11) is 1.58. The number of nitrogens with zero attached hydrogens (tertiary/aromatic N) is 1. The summed E-state index contributed by atoms with van der Waals surface area (Å²) >= 11 is 6.52. The molecule has 6 nitrogen and oxygen atoms in total. The van der Waals surface area contributed by atoms with Crippen LogP contribution < -0.4 is 15.4 Å². The summed E-state index contributed by atoms with van der Waals surface area (Å²) in [5.41, 5.74) is 1.49. The molecule has 7 heteroatoms. The molecule has 0 spiro atoms. The molecule has 2 aromatic rings. The first-order chi connectivity index (χ1) is 16.5. The molecule has 2 aliphatic rings. The lowest BCUT2D eigenvalue weighted by Crippen LogP contribution is -2.43. The van der Waals surface area contributed by atoms with Gasteiger partial charge in [-0.15, -0.1) is 0 Å². The number of nitrogens with one attached hydrogen (secondary N) is 2. The SMILES string of the molecule is COc1ccc(C(=O)c2cccc(NCC(=O)NCC3CCN(C4CCCC4)CC3)c2Cl)cc1. The van der Waals surface area contributed by atoms with Crippen molar-refractivity contribution in [3.63, 3.8) is 0 Å². The molecule has 34 heavy (non-hydrogen) atoms. The van der Waals surface area contributed by atoms with Crippen molar-refractivity contribution in [2.75, 3.05) is 38.6 Å². The second kappa shape index (κ2) is 11.7. The Kier molecular flexibility index (Phi) is 8.46. The van der Waals surface area contributed by atoms with Gasteiger partial charge in [-0.25, -0.2) is 0 Å². The smallest absolute Gasteiger partial charge is 0.239 e. The Bertz CT molecular complexity index is 981. The molecule has 1 aliphatic carbocycles. The molecule has 0 bridgehead atoms. The number of anilines is 1. The average molecular weight is 484 g/mol. The largest absolute Gasteiger partial charge is 0.497 e. The molecule has 182 valence electrons. The number of halogens is 1. The van der Waals surface area contributed by atoms with Crippen molar-refractivity contribution in [2.45, 2.75) is 44.6 Å². The topological polar surface area (TPSA) is 70.7 Å². The van der Waals surface area contributed by atoms with E-state index in [1.165, 1.54) is 25.7 Å². The third-order valence-corrected chi connectivity index (χ3v) is 7.52. The van der Waals surface area contributed by atoms with Crippen LogP contribution in [0, 0.1) is 5.92 Å². The molecule has 1 amide bonds. The first kappa shape index (κ1) is 24.6. The molecule has 1 saturated carbocycles. The standard InChI is InChI=1S/C27H34ClN3O3/c1-34-22-11-9-20(10-12-22)27(33)23-7-4-8-24(26(23)28)29-18-25(32)30-17-19-13-15-31(16-14-19)21-5-2-3-6-21/h4,7-12,19,21,29H,2-3,5-6,13-18H2,1H3,(H,30,32). The Balaban J connectivity index is 1.25. The zero-order valence-corrected chi connectivity index (χ0v) is 20.6. The predicted molar refractivity (Wildman–Crippen MR) is 136 cm³/mol. The fourth-order valence-corrected chi connectivity index (χ4v) is 5.31. The minimum absolute atomic E-state index is 0.0684. The van der Waals surface area contributed by atoms with E-state index in [1.807, 2.05) is 0 Å². The third kappa shape index (κ3) is 6.10. The fraction of sp³-hybridized carbons (Fsp3) is 0.481. The number of ketones is 1. The van der Waals surface area contributed by atoms with Gasteiger partial charge in [-0.1, -0.05) is 30.5 Å². The van der Waals surface area contributed by atoms with Crippen molar-refractivity contribution in [1.82, 2.24) is 10.2 Å². The highest BCUT2D eigenvalue weighted by molar-refractivity contribution is 6.37. The lowest BCUT2D eigenvalue weighted by Gasteiger charge is -2.36. The van der Waals surface area contributed by atoms with Crippen LogP contribution >= 0.6 is 11.6 Å². The van der Waals surface area contributed by atoms with Crippen molar-refractivity contribution in [3.05, 3.63) is 58.6 Å². The predicted octanol–water partition coefficient (Wildman–Crippen LogP) is 4.76. The van der Waals surface area contributed by atoms with Gasteiger partial charge in [0.25, 0.3) is 0 Å². The van der Waals surface area contributed by atoms with Gasteiger partial charge in [0.1, 0.15) is 5.75 Å². The van der Waals surface area contributed by atoms with Gasteiger partial charge >= 0.3 is 0 Å². The number of carbonyl (C=O) groups excluding carboxylic acids is 2. The summed E-state index contributed by atoms with van der Waals surface area (Å²) < 4.78 is 5.15. The van der Waals surface area contributed by atoms with Crippen LogP contribution in [0.4, 0.5) is 5.69 Å². The van der Waals surface area contributed by atoms with Gasteiger partial charge in [0.2, 0.25) is 5.91 Å². The monoisotopic (exact) mass is 483 g/mol. The molecule has 0 unspecified atom stereocenters. The molecular weight excluding hydrogens is 450 g/mol. The van der Waals surface area contributed by atoms with E-state index in [2.05, 4.69) is 15.5 Å². The molecule has 2 fully saturated rings. The second-order valence-corrected chi connectivity index (χ2v) is 9.68. The van der Waals surface area contributed by atoms with E-state index < -0.39 is 0 Å². The number of carbonyl (C=O) groups is 2. The Labute approximate surface area is 207 Å². The number of piperidine rings is 1. The van der Waals surface area contributed by atoms with Crippen LogP contribution in [0.3, 0.4) is 0 Å². The van der Waals surface area contributed by atoms with Crippen molar-refractivity contribution >= 4 is 29.0 Å². The first-order valence-corrected chi connectivity index (χ1v) is 12.6. The maximum absolute atomic E-state index is 12.9. The minimum atomic E-state index is -0.176. The molecule has 1 saturated heterocycles. The summed E-state index contributed by atoms with van der Waals surface area (Å²) in [6, 6.07) is 12.9. The van der Waals surface area contributed by atoms with Crippen molar-refractivity contribution in [2.24, 2.45) is 5.92 Å². The number of hydrogen-bond acceptors (Lipinski definition) is 5. The Morgan fingerprint density at radius 2 is 1.74 bits per heavy atom. The lowest BCUT2D eigenvalue weighted by molar-refractivity contribution is -0.119. The summed E-state index contributed by atoms with van der Waals surface area (Å²) in [6.45, 7) is 3.12. The Morgan fingerprint density at radius 1 is 1.03 bits per heavy atom. The normalized spacial score (nSPS) is 17.5. The van der Waals surface area contributed by atoms with Gasteiger partial charge in [-0.2, -0.15) is 0 Å². The number of rotatable bonds is 9. The zero-order valence-electron chi connectivity index (χ0n) is 19.8. The van der Waals surface area contributed by atoms with E-state index in [0.29, 0.717) is 40.0 Å². The van der Waals surface area contributed by atoms with E-state index in [4.69, 9.17) is 16.3 Å². The van der Waals surface area contributed by atoms with Gasteiger partial charge in [-0.3, -0.25) is 9.59 Å². The third-order valence-electron chi connectivity index (χ3n) is 7.11. The molecule has 2 N–H and O–H groups in total. The number of ether oxygens (including phenoxy) is 1. The van der Waals surface area contributed by atoms with Crippen molar-refractivity contribution < 1.29 is 14.3 Å². The highest BCUT2D eigenvalue weighted by Crippen LogP contribution is 2.29. The van der Waals surface area contributed by atoms with E-state index in [1.54, 1.807) is 49.6 Å². The molecule has 4 rings (SSSR count). The maximum Gasteiger partial charge on any atom is 0.239 e. The van der Waals surface area contributed by atoms with Gasteiger partial charge in [0.15, 0.2) is 5.78 Å². The van der Waals surface area contributed by atoms with Gasteiger partial charge in [0, 0.05) is 23.7 Å². The number of methoxy groups -OCH3 is 1. The highest BCUT2D eigenvalue weighted by Gasteiger charge is 2.27. The van der Waals surface area contributed by atoms with Crippen LogP contribution in [-0.2, 0) is 4.79 Å². The lowest BCUT2D eigenvalue weighted by atomic mass is 9.95. The van der Waals surface area contributed by atoms with Gasteiger partial charge < -0.3 is 20.3 Å². The molecule has 0 aromatic heterocycles. The van der Waals surface area contributed by atoms with Gasteiger partial charge in [-0.05, 0) is 81.1 Å². The van der Waals surface area contributed by atoms with E-state index in [9.17, 15) is 9.59 Å². The van der Waals surface area contributed by atoms with E-state index >= 15 is 0 Å². The van der Waals surface area contributed by atoms with Crippen LogP contribution in [0.2, 0.25) is 5.02 Å². The van der Waals surface area contributed by atoms with E-state index in [0.717, 1.165) is 32.0 Å². The fourth-order valence-electron chi connectivity index (χ4n) is 5.03. The minimum Gasteiger partial charge on any atom is -0.497 e. The number of amides is 1. The highest BCUT2D eigenvalue weighted by atomic mass is 35.5. The zero-order chi connectivity index (χ0) is 23.9. The molecule has 2 aromatic carbocycles. The van der Waals surface area contributed by atoms with Gasteiger partial charge in [0.05, 0.1) is 24.4 Å². The first-order valence-electron chi connectivity index (χ1n) is 12.3. The van der Waals surface area contributed by atoms with Crippen molar-refractivity contribution in [3.8, 4) is 5.75 Å². The van der Waals surface area contributed by atoms with E-state index in [-0.39, 0.29) is 18.2 Å². The van der Waals surface area contributed by atoms with Crippen LogP contribution in [0.25, 0.3) is 0 Å². The number of likely N-dealkylation sites (tertiary alicyclic amines) is 1. The number of benzene rings is 2. The Morgan fingerprint density at radius 3 is 2.41 bits per heavy atom. The molecule has 1 aliphatic heterocycles.